The van der Waals surface area contributed by atoms with Gasteiger partial charge >= 0.3 is 5.97 Å². The maximum atomic E-state index is 11.8. The second-order valence-electron chi connectivity index (χ2n) is 6.02. The molecule has 0 saturated heterocycles. The molecule has 1 aromatic carbocycles. The first-order chi connectivity index (χ1) is 12.1. The largest absolute Gasteiger partial charge is 0.497 e. The number of carbonyl (C=O) groups is 1. The second kappa shape index (κ2) is 8.19. The lowest BCUT2D eigenvalue weighted by Gasteiger charge is -2.24. The van der Waals surface area contributed by atoms with Gasteiger partial charge in [0.1, 0.15) is 11.5 Å². The molecule has 5 heteroatoms. The molecule has 1 saturated carbocycles. The van der Waals surface area contributed by atoms with Gasteiger partial charge in [-0.3, -0.25) is 0 Å². The van der Waals surface area contributed by atoms with E-state index in [-0.39, 0.29) is 6.10 Å². The van der Waals surface area contributed by atoms with Gasteiger partial charge in [0.15, 0.2) is 0 Å². The Labute approximate surface area is 151 Å². The molecule has 0 bridgehead atoms. The Bertz CT molecular complexity index is 774. The van der Waals surface area contributed by atoms with Crippen molar-refractivity contribution in [3.8, 4) is 23.3 Å². The van der Waals surface area contributed by atoms with E-state index in [9.17, 15) is 9.90 Å². The first-order valence-corrected chi connectivity index (χ1v) is 9.11. The summed E-state index contributed by atoms with van der Waals surface area (Å²) in [6.45, 7) is 0. The molecule has 0 atom stereocenters. The number of aliphatic hydroxyl groups excluding tert-OH is 1. The molecule has 3 rings (SSSR count). The molecule has 2 aromatic rings. The number of hydrogen-bond donors (Lipinski definition) is 1. The van der Waals surface area contributed by atoms with Crippen LogP contribution in [-0.2, 0) is 4.79 Å². The summed E-state index contributed by atoms with van der Waals surface area (Å²) in [7, 11) is 1.58. The molecule has 1 heterocycles. The van der Waals surface area contributed by atoms with E-state index in [0.29, 0.717) is 17.4 Å². The molecule has 0 aliphatic heterocycles. The Hall–Kier alpha value is -2.29. The molecule has 1 aliphatic rings. The number of methoxy groups -OCH3 is 1. The predicted octanol–water partition coefficient (Wildman–Crippen LogP) is 3.73. The number of aliphatic hydroxyl groups is 1. The zero-order valence-electron chi connectivity index (χ0n) is 14.0. The van der Waals surface area contributed by atoms with Crippen LogP contribution in [0.5, 0.6) is 11.5 Å². The monoisotopic (exact) mass is 356 g/mol. The quantitative estimate of drug-likeness (QED) is 0.517. The van der Waals surface area contributed by atoms with E-state index in [1.165, 1.54) is 4.88 Å². The summed E-state index contributed by atoms with van der Waals surface area (Å²) >= 11 is 1.61. The van der Waals surface area contributed by atoms with Crippen LogP contribution in [0.3, 0.4) is 0 Å². The third kappa shape index (κ3) is 4.85. The fourth-order valence-corrected chi connectivity index (χ4v) is 3.92. The van der Waals surface area contributed by atoms with Gasteiger partial charge in [-0.2, -0.15) is 0 Å². The summed E-state index contributed by atoms with van der Waals surface area (Å²) in [4.78, 5) is 14.0. The Morgan fingerprint density at radius 3 is 2.44 bits per heavy atom. The average Bonchev–Trinajstić information content (AvgIpc) is 3.10. The van der Waals surface area contributed by atoms with Crippen LogP contribution in [-0.4, -0.2) is 24.3 Å². The van der Waals surface area contributed by atoms with Crippen LogP contribution >= 0.6 is 11.3 Å². The maximum absolute atomic E-state index is 11.8. The number of benzene rings is 1. The highest BCUT2D eigenvalue weighted by atomic mass is 32.1. The molecular formula is C20H20O4S. The fraction of sp³-hybridized carbons (Fsp3) is 0.350. The third-order valence-electron chi connectivity index (χ3n) is 4.28. The molecule has 25 heavy (non-hydrogen) atoms. The van der Waals surface area contributed by atoms with Gasteiger partial charge in [-0.25, -0.2) is 4.79 Å². The topological polar surface area (TPSA) is 55.8 Å². The van der Waals surface area contributed by atoms with E-state index < -0.39 is 5.97 Å². The zero-order chi connectivity index (χ0) is 17.6. The van der Waals surface area contributed by atoms with E-state index >= 15 is 0 Å². The summed E-state index contributed by atoms with van der Waals surface area (Å²) in [6.07, 6.45) is 3.58. The minimum absolute atomic E-state index is 0.150. The molecule has 0 unspecified atom stereocenters. The Balaban J connectivity index is 1.58. The van der Waals surface area contributed by atoms with E-state index in [1.54, 1.807) is 42.7 Å². The predicted molar refractivity (Wildman–Crippen MR) is 97.0 cm³/mol. The van der Waals surface area contributed by atoms with Crippen LogP contribution in [0.1, 0.15) is 41.4 Å². The second-order valence-corrected chi connectivity index (χ2v) is 7.14. The standard InChI is InChI=1S/C20H20O4S/c1-23-16-6-8-17(9-7-16)24-20(22)13-11-18-10-12-19(25-18)14-2-4-15(21)5-3-14/h6-10,12,14-15,21H,2-5H2,1H3. The van der Waals surface area contributed by atoms with E-state index in [2.05, 4.69) is 17.9 Å². The van der Waals surface area contributed by atoms with Crippen molar-refractivity contribution in [2.24, 2.45) is 0 Å². The number of ether oxygens (including phenoxy) is 2. The van der Waals surface area contributed by atoms with Crippen LogP contribution in [0.2, 0.25) is 0 Å². The third-order valence-corrected chi connectivity index (χ3v) is 5.45. The minimum Gasteiger partial charge on any atom is -0.497 e. The molecule has 1 N–H and O–H groups in total. The first kappa shape index (κ1) is 17.5. The highest BCUT2D eigenvalue weighted by Gasteiger charge is 2.21. The highest BCUT2D eigenvalue weighted by Crippen LogP contribution is 2.36. The van der Waals surface area contributed by atoms with Crippen LogP contribution in [0.25, 0.3) is 0 Å². The van der Waals surface area contributed by atoms with Crippen LogP contribution in [0, 0.1) is 11.8 Å². The lowest BCUT2D eigenvalue weighted by molar-refractivity contribution is -0.128. The molecule has 0 radical (unpaired) electrons. The number of esters is 1. The van der Waals surface area contributed by atoms with Gasteiger partial charge in [-0.15, -0.1) is 11.3 Å². The zero-order valence-corrected chi connectivity index (χ0v) is 14.8. The van der Waals surface area contributed by atoms with Crippen molar-refractivity contribution < 1.29 is 19.4 Å². The first-order valence-electron chi connectivity index (χ1n) is 8.29. The van der Waals surface area contributed by atoms with Crippen molar-refractivity contribution in [3.63, 3.8) is 0 Å². The summed E-state index contributed by atoms with van der Waals surface area (Å²) in [5, 5.41) is 9.60. The molecule has 1 fully saturated rings. The normalized spacial score (nSPS) is 19.6. The molecule has 0 spiro atoms. The summed E-state index contributed by atoms with van der Waals surface area (Å²) in [5.74, 6) is 6.45. The minimum atomic E-state index is -0.582. The molecule has 1 aromatic heterocycles. The van der Waals surface area contributed by atoms with E-state index in [1.807, 2.05) is 6.07 Å². The van der Waals surface area contributed by atoms with Gasteiger partial charge in [0.05, 0.1) is 18.1 Å². The van der Waals surface area contributed by atoms with Crippen molar-refractivity contribution in [1.29, 1.82) is 0 Å². The van der Waals surface area contributed by atoms with Crippen molar-refractivity contribution >= 4 is 17.3 Å². The maximum Gasteiger partial charge on any atom is 0.390 e. The van der Waals surface area contributed by atoms with Gasteiger partial charge in [-0.1, -0.05) is 0 Å². The van der Waals surface area contributed by atoms with Gasteiger partial charge in [0, 0.05) is 10.8 Å². The van der Waals surface area contributed by atoms with E-state index in [0.717, 1.165) is 30.6 Å². The van der Waals surface area contributed by atoms with Gasteiger partial charge < -0.3 is 14.6 Å². The van der Waals surface area contributed by atoms with Crippen LogP contribution in [0.15, 0.2) is 36.4 Å². The Morgan fingerprint density at radius 1 is 1.08 bits per heavy atom. The number of carbonyl (C=O) groups excluding carboxylic acids is 1. The van der Waals surface area contributed by atoms with Crippen LogP contribution in [0.4, 0.5) is 0 Å². The van der Waals surface area contributed by atoms with Crippen LogP contribution < -0.4 is 9.47 Å². The fourth-order valence-electron chi connectivity index (χ4n) is 2.89. The van der Waals surface area contributed by atoms with Crippen molar-refractivity contribution in [3.05, 3.63) is 46.2 Å². The van der Waals surface area contributed by atoms with Gasteiger partial charge in [0.25, 0.3) is 0 Å². The Kier molecular flexibility index (Phi) is 5.75. The number of rotatable bonds is 3. The lowest BCUT2D eigenvalue weighted by atomic mass is 9.86. The van der Waals surface area contributed by atoms with E-state index in [4.69, 9.17) is 9.47 Å². The lowest BCUT2D eigenvalue weighted by Crippen LogP contribution is -2.16. The smallest absolute Gasteiger partial charge is 0.390 e. The molecule has 0 amide bonds. The molecular weight excluding hydrogens is 336 g/mol. The van der Waals surface area contributed by atoms with Crippen molar-refractivity contribution in [2.45, 2.75) is 37.7 Å². The SMILES string of the molecule is COc1ccc(OC(=O)C#Cc2ccc(C3CCC(O)CC3)s2)cc1. The number of thiophene rings is 1. The summed E-state index contributed by atoms with van der Waals surface area (Å²) in [5.41, 5.74) is 0. The highest BCUT2D eigenvalue weighted by molar-refractivity contribution is 7.12. The molecule has 1 aliphatic carbocycles. The van der Waals surface area contributed by atoms with Crippen molar-refractivity contribution in [2.75, 3.05) is 7.11 Å². The average molecular weight is 356 g/mol. The van der Waals surface area contributed by atoms with Gasteiger partial charge in [0.2, 0.25) is 0 Å². The van der Waals surface area contributed by atoms with Crippen molar-refractivity contribution in [1.82, 2.24) is 0 Å². The molecule has 130 valence electrons. The molecule has 4 nitrogen and oxygen atoms in total. The number of hydrogen-bond acceptors (Lipinski definition) is 5. The Morgan fingerprint density at radius 2 is 1.76 bits per heavy atom. The summed E-state index contributed by atoms with van der Waals surface area (Å²) < 4.78 is 10.2. The van der Waals surface area contributed by atoms with Gasteiger partial charge in [-0.05, 0) is 73.9 Å². The summed E-state index contributed by atoms with van der Waals surface area (Å²) in [6, 6.07) is 10.8.